The van der Waals surface area contributed by atoms with Crippen LogP contribution >= 0.6 is 0 Å². The van der Waals surface area contributed by atoms with Gasteiger partial charge in [0.15, 0.2) is 0 Å². The molecule has 8 aliphatic heterocycles. The molecular formula is C58H72N10O10. The zero-order chi connectivity index (χ0) is 55.3. The van der Waals surface area contributed by atoms with E-state index in [2.05, 4.69) is 26.6 Å². The van der Waals surface area contributed by atoms with Crippen molar-refractivity contribution in [1.82, 2.24) is 41.3 Å². The smallest absolute Gasteiger partial charge is 0.252 e. The van der Waals surface area contributed by atoms with Crippen LogP contribution in [0, 0.1) is 17.8 Å². The molecule has 414 valence electrons. The number of nitrogens with zero attached hydrogens (tertiary/aromatic N) is 5. The van der Waals surface area contributed by atoms with Crippen LogP contribution in [0.4, 0.5) is 11.4 Å². The molecule has 0 saturated carbocycles. The molecule has 7 N–H and O–H groups in total. The Balaban J connectivity index is 1.06. The van der Waals surface area contributed by atoms with Gasteiger partial charge in [-0.3, -0.25) is 48.6 Å². The second-order valence-corrected chi connectivity index (χ2v) is 23.4. The van der Waals surface area contributed by atoms with Crippen LogP contribution in [0.25, 0.3) is 0 Å². The number of benzene rings is 3. The Morgan fingerprint density at radius 1 is 0.603 bits per heavy atom. The molecule has 12 unspecified atom stereocenters. The van der Waals surface area contributed by atoms with E-state index in [0.717, 1.165) is 0 Å². The lowest BCUT2D eigenvalue weighted by Crippen LogP contribution is -2.73. The fourth-order valence-corrected chi connectivity index (χ4v) is 14.2. The molecule has 11 rings (SSSR count). The topological polar surface area (TPSA) is 253 Å². The van der Waals surface area contributed by atoms with Gasteiger partial charge in [-0.1, -0.05) is 103 Å². The number of amides is 8. The van der Waals surface area contributed by atoms with Crippen molar-refractivity contribution in [1.29, 1.82) is 0 Å². The Morgan fingerprint density at radius 3 is 1.79 bits per heavy atom. The number of piperidine rings is 1. The number of nitrogens with one attached hydrogen (secondary N) is 5. The predicted molar refractivity (Wildman–Crippen MR) is 286 cm³/mol. The van der Waals surface area contributed by atoms with Gasteiger partial charge in [0.25, 0.3) is 5.91 Å². The average Bonchev–Trinajstić information content (AvgIpc) is 2.33. The van der Waals surface area contributed by atoms with Crippen molar-refractivity contribution in [3.8, 4) is 5.75 Å². The largest absolute Gasteiger partial charge is 0.508 e. The Kier molecular flexibility index (Phi) is 13.6. The lowest BCUT2D eigenvalue weighted by Gasteiger charge is -2.54. The summed E-state index contributed by atoms with van der Waals surface area (Å²) in [6.07, 6.45) is 0.236. The van der Waals surface area contributed by atoms with E-state index in [-0.39, 0.29) is 49.9 Å². The molecule has 4 bridgehead atoms. The molecule has 3 aromatic carbocycles. The molecule has 20 heteroatoms. The minimum absolute atomic E-state index is 0.0259. The first-order valence-electron chi connectivity index (χ1n) is 28.1. The first-order chi connectivity index (χ1) is 37.3. The van der Waals surface area contributed by atoms with Gasteiger partial charge in [0.2, 0.25) is 41.4 Å². The molecule has 78 heavy (non-hydrogen) atoms. The monoisotopic (exact) mass is 1070 g/mol. The Morgan fingerprint density at radius 2 is 1.17 bits per heavy atom. The first kappa shape index (κ1) is 53.0. The molecule has 20 nitrogen and oxygen atoms in total. The van der Waals surface area contributed by atoms with Crippen LogP contribution in [0.1, 0.15) is 110 Å². The van der Waals surface area contributed by atoms with E-state index in [4.69, 9.17) is 0 Å². The van der Waals surface area contributed by atoms with Crippen molar-refractivity contribution in [2.75, 3.05) is 22.9 Å². The normalized spacial score (nSPS) is 33.7. The summed E-state index contributed by atoms with van der Waals surface area (Å²) in [5, 5.41) is 39.3. The van der Waals surface area contributed by atoms with Crippen molar-refractivity contribution in [2.45, 2.75) is 171 Å². The lowest BCUT2D eigenvalue weighted by molar-refractivity contribution is -0.148. The molecular weight excluding hydrogens is 997 g/mol. The van der Waals surface area contributed by atoms with Crippen LogP contribution in [0.15, 0.2) is 72.8 Å². The molecule has 8 aliphatic rings. The summed E-state index contributed by atoms with van der Waals surface area (Å²) in [7, 11) is 0. The number of carbonyl (C=O) groups excluding carboxylic acids is 8. The van der Waals surface area contributed by atoms with Crippen LogP contribution in [0.3, 0.4) is 0 Å². The first-order valence-corrected chi connectivity index (χ1v) is 28.1. The fraction of sp³-hybridized carbons (Fsp3) is 0.552. The van der Waals surface area contributed by atoms with E-state index in [1.807, 2.05) is 69.0 Å². The third kappa shape index (κ3) is 8.20. The minimum Gasteiger partial charge on any atom is -0.508 e. The maximum Gasteiger partial charge on any atom is 0.252 e. The number of carbonyl (C=O) groups is 8. The van der Waals surface area contributed by atoms with E-state index in [1.165, 1.54) is 21.9 Å². The third-order valence-corrected chi connectivity index (χ3v) is 18.6. The zero-order valence-corrected chi connectivity index (χ0v) is 45.1. The Labute approximate surface area is 454 Å². The number of phenols is 1. The second kappa shape index (κ2) is 20.0. The number of para-hydroxylation sites is 2. The number of anilines is 2. The molecule has 1 spiro atoms. The van der Waals surface area contributed by atoms with Gasteiger partial charge >= 0.3 is 0 Å². The summed E-state index contributed by atoms with van der Waals surface area (Å²) in [6, 6.07) is 12.3. The second-order valence-electron chi connectivity index (χ2n) is 23.4. The zero-order valence-electron chi connectivity index (χ0n) is 45.1. The van der Waals surface area contributed by atoms with Crippen LogP contribution < -0.4 is 36.4 Å². The molecule has 0 aromatic heterocycles. The van der Waals surface area contributed by atoms with Crippen molar-refractivity contribution < 1.29 is 48.6 Å². The third-order valence-electron chi connectivity index (χ3n) is 18.6. The number of aliphatic hydroxyl groups is 1. The highest BCUT2D eigenvalue weighted by Crippen LogP contribution is 2.63. The summed E-state index contributed by atoms with van der Waals surface area (Å²) in [5.74, 6) is -5.34. The number of hydrogen-bond acceptors (Lipinski definition) is 12. The standard InChI is InChI=1S/C58H72N10O10/c1-7-31(5)45-50(73)59-38-28-57(35-15-9-11-17-39(35)66-52(75)43(67(51(38)74)56(57)66)27-33-21-23-34(69)24-22-33)68-40-18-12-10-16-36(40)58(78)29-37(60-55(58)68)47(70)63-46(32(6)8-2)54(77)65-26-14-19-41(65)48(71)61-44(30(3)4)53(76)64-25-13-20-42(64)49(72)62-45/h9-12,15-18,21-24,30-32,37-38,41-46,55-56,60,69,78H,7-8,13-14,19-20,25-29H2,1-6H3,(H,59,73)(H,61,71)(H,62,72)(H,63,70)/t31?,32?,37?,38-,41?,42?,43?,44?,45-,46?,55?,56?,57?,58?/m0/s1. The number of rotatable bonds is 7. The van der Waals surface area contributed by atoms with Crippen molar-refractivity contribution in [2.24, 2.45) is 17.8 Å². The highest BCUT2D eigenvalue weighted by molar-refractivity contribution is 6.09. The van der Waals surface area contributed by atoms with E-state index in [1.54, 1.807) is 47.9 Å². The number of fused-ring (bicyclic) bond motifs is 9. The van der Waals surface area contributed by atoms with Crippen LogP contribution in [0.5, 0.6) is 5.75 Å². The molecule has 8 amide bonds. The summed E-state index contributed by atoms with van der Waals surface area (Å²) >= 11 is 0. The van der Waals surface area contributed by atoms with Gasteiger partial charge in [0, 0.05) is 49.2 Å². The van der Waals surface area contributed by atoms with Crippen LogP contribution in [-0.2, 0) is 55.9 Å². The Hall–Kier alpha value is -7.06. The number of phenolic OH excluding ortho intramolecular Hbond substituents is 1. The maximum absolute atomic E-state index is 15.7. The highest BCUT2D eigenvalue weighted by Gasteiger charge is 2.73. The lowest BCUT2D eigenvalue weighted by atomic mass is 9.76. The average molecular weight is 1070 g/mol. The van der Waals surface area contributed by atoms with Gasteiger partial charge in [0.05, 0.1) is 11.7 Å². The molecule has 14 atom stereocenters. The van der Waals surface area contributed by atoms with Gasteiger partial charge in [-0.15, -0.1) is 0 Å². The van der Waals surface area contributed by atoms with Crippen LogP contribution in [-0.4, -0.2) is 146 Å². The molecule has 0 radical (unpaired) electrons. The summed E-state index contributed by atoms with van der Waals surface area (Å²) < 4.78 is 0. The van der Waals surface area contributed by atoms with E-state index in [0.29, 0.717) is 66.6 Å². The van der Waals surface area contributed by atoms with Crippen molar-refractivity contribution in [3.05, 3.63) is 89.5 Å². The quantitative estimate of drug-likeness (QED) is 0.180. The number of hydrogen-bond donors (Lipinski definition) is 7. The van der Waals surface area contributed by atoms with Gasteiger partial charge in [0.1, 0.15) is 71.5 Å². The van der Waals surface area contributed by atoms with E-state index >= 15 is 19.2 Å². The molecule has 8 heterocycles. The molecule has 3 aromatic rings. The van der Waals surface area contributed by atoms with Gasteiger partial charge in [-0.25, -0.2) is 0 Å². The van der Waals surface area contributed by atoms with Gasteiger partial charge < -0.3 is 51.1 Å². The summed E-state index contributed by atoms with van der Waals surface area (Å²) in [4.78, 5) is 128. The SMILES string of the molecule is CCC(C)C1NC(=O)C2CC3(O)c4ccccc4N(C3N2)C23C[C@H](NC(=O)[C@H](C(C)CC)NC(=O)C4CCCN4C(=O)C(C(C)C)NC(=O)C4CCCN4C1=O)C(=O)N1C(Cc4ccc(O)cc4)C(=O)N(c4ccccc42)C13. The predicted octanol–water partition coefficient (Wildman–Crippen LogP) is 2.20. The highest BCUT2D eigenvalue weighted by atomic mass is 16.3. The molecule has 6 fully saturated rings. The van der Waals surface area contributed by atoms with Gasteiger partial charge in [-0.2, -0.15) is 0 Å². The molecule has 0 aliphatic carbocycles. The van der Waals surface area contributed by atoms with E-state index < -0.39 is 125 Å². The van der Waals surface area contributed by atoms with Crippen molar-refractivity contribution >= 4 is 58.6 Å². The molecule has 6 saturated heterocycles. The van der Waals surface area contributed by atoms with E-state index in [9.17, 15) is 29.4 Å². The summed E-state index contributed by atoms with van der Waals surface area (Å²) in [6.45, 7) is 11.5. The number of aromatic hydroxyl groups is 1. The maximum atomic E-state index is 15.7. The fourth-order valence-electron chi connectivity index (χ4n) is 14.2. The minimum atomic E-state index is -1.76. The van der Waals surface area contributed by atoms with Crippen LogP contribution in [0.2, 0.25) is 0 Å². The van der Waals surface area contributed by atoms with Crippen molar-refractivity contribution in [3.63, 3.8) is 0 Å². The van der Waals surface area contributed by atoms with Gasteiger partial charge in [-0.05, 0) is 73.3 Å². The Bertz CT molecular complexity index is 2960. The summed E-state index contributed by atoms with van der Waals surface area (Å²) in [5.41, 5.74) is -0.289.